The van der Waals surface area contributed by atoms with Gasteiger partial charge in [-0.25, -0.2) is 0 Å². The molecular weight excluding hydrogens is 149 g/mol. The minimum atomic E-state index is -4.45. The molecule has 0 fully saturated rings. The minimum Gasteiger partial charge on any atom is -0.335 e. The van der Waals surface area contributed by atoms with Gasteiger partial charge in [0, 0.05) is 0 Å². The molecule has 0 saturated heterocycles. The maximum atomic E-state index is 11.4. The van der Waals surface area contributed by atoms with Crippen LogP contribution in [0.5, 0.6) is 0 Å². The lowest BCUT2D eigenvalue weighted by Gasteiger charge is -2.18. The van der Waals surface area contributed by atoms with Crippen LogP contribution in [-0.4, -0.2) is 14.7 Å². The molecule has 0 bridgehead atoms. The van der Waals surface area contributed by atoms with E-state index in [9.17, 15) is 13.2 Å². The summed E-state index contributed by atoms with van der Waals surface area (Å²) in [5.74, 6) is 0. The molecule has 0 aliphatic rings. The molecular formula is C4H9F3OSi. The van der Waals surface area contributed by atoms with Crippen LogP contribution in [0.3, 0.4) is 0 Å². The Balaban J connectivity index is 3.75. The molecule has 0 N–H and O–H groups in total. The highest BCUT2D eigenvalue weighted by atomic mass is 28.4. The average molecular weight is 158 g/mol. The van der Waals surface area contributed by atoms with E-state index in [4.69, 9.17) is 0 Å². The Morgan fingerprint density at radius 3 is 1.44 bits per heavy atom. The summed E-state index contributed by atoms with van der Waals surface area (Å²) in [6, 6.07) is 0. The van der Waals surface area contributed by atoms with Crippen LogP contribution in [0.1, 0.15) is 0 Å². The van der Waals surface area contributed by atoms with Gasteiger partial charge in [-0.15, -0.1) is 13.2 Å². The van der Waals surface area contributed by atoms with Crippen LogP contribution in [0, 0.1) is 0 Å². The third-order valence-corrected chi connectivity index (χ3v) is 1.27. The van der Waals surface area contributed by atoms with E-state index in [1.165, 1.54) is 19.6 Å². The van der Waals surface area contributed by atoms with Gasteiger partial charge in [-0.1, -0.05) is 0 Å². The lowest BCUT2D eigenvalue weighted by atomic mass is 11.4. The summed E-state index contributed by atoms with van der Waals surface area (Å²) in [7, 11) is -2.42. The number of alkyl halides is 3. The molecule has 0 amide bonds. The van der Waals surface area contributed by atoms with E-state index in [1.807, 2.05) is 0 Å². The van der Waals surface area contributed by atoms with Gasteiger partial charge in [-0.3, -0.25) is 0 Å². The van der Waals surface area contributed by atoms with Crippen LogP contribution in [0.2, 0.25) is 19.6 Å². The van der Waals surface area contributed by atoms with Crippen molar-refractivity contribution in [1.82, 2.24) is 0 Å². The van der Waals surface area contributed by atoms with Crippen molar-refractivity contribution in [3.05, 3.63) is 0 Å². The highest BCUT2D eigenvalue weighted by Gasteiger charge is 2.35. The first-order valence-electron chi connectivity index (χ1n) is 2.48. The topological polar surface area (TPSA) is 9.23 Å². The van der Waals surface area contributed by atoms with Gasteiger partial charge in [0.2, 0.25) is 0 Å². The summed E-state index contributed by atoms with van der Waals surface area (Å²) >= 11 is 0. The van der Waals surface area contributed by atoms with Gasteiger partial charge in [-0.05, 0) is 19.6 Å². The first kappa shape index (κ1) is 8.97. The molecule has 0 aromatic rings. The smallest absolute Gasteiger partial charge is 0.335 e. The lowest BCUT2D eigenvalue weighted by Crippen LogP contribution is -2.33. The van der Waals surface area contributed by atoms with Gasteiger partial charge >= 0.3 is 6.36 Å². The number of hydrogen-bond donors (Lipinski definition) is 0. The summed E-state index contributed by atoms with van der Waals surface area (Å²) in [6.07, 6.45) is -4.45. The second kappa shape index (κ2) is 2.30. The highest BCUT2D eigenvalue weighted by Crippen LogP contribution is 2.21. The second-order valence-electron chi connectivity index (χ2n) is 2.66. The zero-order valence-electron chi connectivity index (χ0n) is 5.54. The van der Waals surface area contributed by atoms with E-state index < -0.39 is 14.7 Å². The van der Waals surface area contributed by atoms with E-state index in [0.717, 1.165) is 0 Å². The van der Waals surface area contributed by atoms with Crippen molar-refractivity contribution in [2.24, 2.45) is 0 Å². The van der Waals surface area contributed by atoms with Crippen LogP contribution in [0.15, 0.2) is 0 Å². The maximum absolute atomic E-state index is 11.4. The van der Waals surface area contributed by atoms with Crippen molar-refractivity contribution in [3.63, 3.8) is 0 Å². The Hall–Kier alpha value is -0.0331. The fourth-order valence-corrected chi connectivity index (χ4v) is 1.04. The van der Waals surface area contributed by atoms with E-state index in [2.05, 4.69) is 4.43 Å². The van der Waals surface area contributed by atoms with Crippen molar-refractivity contribution >= 4 is 8.32 Å². The molecule has 0 atom stereocenters. The van der Waals surface area contributed by atoms with Gasteiger partial charge in [0.15, 0.2) is 8.32 Å². The fourth-order valence-electron chi connectivity index (χ4n) is 0.347. The minimum absolute atomic E-state index is 1.49. The first-order chi connectivity index (χ1) is 3.71. The van der Waals surface area contributed by atoms with Crippen LogP contribution in [0.25, 0.3) is 0 Å². The fraction of sp³-hybridized carbons (Fsp3) is 1.00. The number of rotatable bonds is 1. The molecule has 1 nitrogen and oxygen atoms in total. The number of hydrogen-bond acceptors (Lipinski definition) is 1. The molecule has 0 saturated carbocycles. The Morgan fingerprint density at radius 2 is 1.44 bits per heavy atom. The highest BCUT2D eigenvalue weighted by molar-refractivity contribution is 6.69. The maximum Gasteiger partial charge on any atom is 0.512 e. The van der Waals surface area contributed by atoms with Gasteiger partial charge in [0.05, 0.1) is 0 Å². The third kappa shape index (κ3) is 7.97. The third-order valence-electron chi connectivity index (χ3n) is 0.422. The molecule has 0 aliphatic carbocycles. The van der Waals surface area contributed by atoms with Crippen LogP contribution in [0.4, 0.5) is 13.2 Å². The summed E-state index contributed by atoms with van der Waals surface area (Å²) in [4.78, 5) is 0. The van der Waals surface area contributed by atoms with E-state index in [1.54, 1.807) is 0 Å². The molecule has 0 aliphatic heterocycles. The molecule has 0 aromatic heterocycles. The SMILES string of the molecule is C[Si](C)(C)OC(F)(F)F. The zero-order chi connectivity index (χ0) is 7.71. The predicted octanol–water partition coefficient (Wildman–Crippen LogP) is 2.36. The monoisotopic (exact) mass is 158 g/mol. The van der Waals surface area contributed by atoms with Gasteiger partial charge in [-0.2, -0.15) is 0 Å². The second-order valence-corrected chi connectivity index (χ2v) is 7.09. The average Bonchev–Trinajstić information content (AvgIpc) is 1.14. The number of halogens is 3. The summed E-state index contributed by atoms with van der Waals surface area (Å²) in [5, 5.41) is 0. The first-order valence-corrected chi connectivity index (χ1v) is 5.88. The molecule has 0 spiro atoms. The van der Waals surface area contributed by atoms with Crippen LogP contribution < -0.4 is 0 Å². The largest absolute Gasteiger partial charge is 0.512 e. The standard InChI is InChI=1S/C4H9F3OSi/c1-9(2,3)8-4(5,6)7/h1-3H3. The molecule has 0 unspecified atom stereocenters. The Morgan fingerprint density at radius 1 is 1.11 bits per heavy atom. The molecule has 0 radical (unpaired) electrons. The van der Waals surface area contributed by atoms with Crippen LogP contribution >= 0.6 is 0 Å². The van der Waals surface area contributed by atoms with Crippen molar-refractivity contribution in [3.8, 4) is 0 Å². The van der Waals surface area contributed by atoms with Gasteiger partial charge in [0.25, 0.3) is 0 Å². The van der Waals surface area contributed by atoms with Crippen molar-refractivity contribution in [1.29, 1.82) is 0 Å². The summed E-state index contributed by atoms with van der Waals surface area (Å²) in [5.41, 5.74) is 0. The molecule has 5 heteroatoms. The van der Waals surface area contributed by atoms with Crippen molar-refractivity contribution in [2.75, 3.05) is 0 Å². The summed E-state index contributed by atoms with van der Waals surface area (Å²) in [6.45, 7) is 4.46. The zero-order valence-corrected chi connectivity index (χ0v) is 6.54. The lowest BCUT2D eigenvalue weighted by molar-refractivity contribution is -0.280. The quantitative estimate of drug-likeness (QED) is 0.532. The van der Waals surface area contributed by atoms with Crippen molar-refractivity contribution in [2.45, 2.75) is 26.0 Å². The van der Waals surface area contributed by atoms with E-state index >= 15 is 0 Å². The van der Waals surface area contributed by atoms with Crippen molar-refractivity contribution < 1.29 is 17.6 Å². The summed E-state index contributed by atoms with van der Waals surface area (Å²) < 4.78 is 37.9. The van der Waals surface area contributed by atoms with Gasteiger partial charge in [0.1, 0.15) is 0 Å². The van der Waals surface area contributed by atoms with Crippen LogP contribution in [-0.2, 0) is 4.43 Å². The molecule has 56 valence electrons. The normalized spacial score (nSPS) is 14.0. The Bertz CT molecular complexity index is 81.0. The molecule has 9 heavy (non-hydrogen) atoms. The molecule has 0 heterocycles. The van der Waals surface area contributed by atoms with E-state index in [0.29, 0.717) is 0 Å². The predicted molar refractivity (Wildman–Crippen MR) is 30.5 cm³/mol. The molecule has 0 rings (SSSR count). The van der Waals surface area contributed by atoms with Gasteiger partial charge < -0.3 is 4.43 Å². The Labute approximate surface area is 52.9 Å². The molecule has 0 aromatic carbocycles. The Kier molecular flexibility index (Phi) is 2.29. The van der Waals surface area contributed by atoms with E-state index in [-0.39, 0.29) is 0 Å².